The van der Waals surface area contributed by atoms with Gasteiger partial charge in [-0.15, -0.1) is 0 Å². The number of nitrogens with zero attached hydrogens (tertiary/aromatic N) is 2. The molecule has 124 valence electrons. The number of benzene rings is 2. The molecule has 0 saturated heterocycles. The number of hydrogen-bond acceptors (Lipinski definition) is 4. The molecule has 0 radical (unpaired) electrons. The van der Waals surface area contributed by atoms with E-state index in [4.69, 9.17) is 15.1 Å². The van der Waals surface area contributed by atoms with Crippen LogP contribution in [0.5, 0.6) is 5.75 Å². The van der Waals surface area contributed by atoms with Crippen molar-refractivity contribution >= 4 is 5.97 Å². The first-order valence-corrected chi connectivity index (χ1v) is 7.68. The molecule has 0 saturated carbocycles. The van der Waals surface area contributed by atoms with Gasteiger partial charge in [0, 0.05) is 12.1 Å². The highest BCUT2D eigenvalue weighted by Crippen LogP contribution is 2.16. The van der Waals surface area contributed by atoms with Gasteiger partial charge in [0.1, 0.15) is 12.4 Å². The quantitative estimate of drug-likeness (QED) is 0.808. The number of ether oxygens (including phenoxy) is 1. The lowest BCUT2D eigenvalue weighted by Gasteiger charge is -2.14. The van der Waals surface area contributed by atoms with Gasteiger partial charge in [-0.3, -0.25) is 9.69 Å². The number of rotatable bonds is 8. The highest BCUT2D eigenvalue weighted by molar-refractivity contribution is 5.69. The molecule has 0 amide bonds. The van der Waals surface area contributed by atoms with Crippen molar-refractivity contribution in [2.45, 2.75) is 13.0 Å². The SMILES string of the molecule is CN(CCc1ccc(OCc2ccccc2C#N)cc1)CC(=O)O. The molecule has 0 spiro atoms. The van der Waals surface area contributed by atoms with E-state index in [0.29, 0.717) is 18.7 Å². The van der Waals surface area contributed by atoms with E-state index >= 15 is 0 Å². The van der Waals surface area contributed by atoms with Crippen molar-refractivity contribution in [3.05, 3.63) is 65.2 Å². The number of carbonyl (C=O) groups is 1. The standard InChI is InChI=1S/C19H20N2O3/c1-21(13-19(22)23)11-10-15-6-8-18(9-7-15)24-14-17-5-3-2-4-16(17)12-20/h2-9H,10-11,13-14H2,1H3,(H,22,23). The summed E-state index contributed by atoms with van der Waals surface area (Å²) >= 11 is 0. The average Bonchev–Trinajstić information content (AvgIpc) is 2.58. The van der Waals surface area contributed by atoms with Gasteiger partial charge in [0.25, 0.3) is 0 Å². The fourth-order valence-corrected chi connectivity index (χ4v) is 2.30. The molecule has 0 fully saturated rings. The summed E-state index contributed by atoms with van der Waals surface area (Å²) in [5.74, 6) is -0.0794. The van der Waals surface area contributed by atoms with Gasteiger partial charge >= 0.3 is 5.97 Å². The summed E-state index contributed by atoms with van der Waals surface area (Å²) < 4.78 is 5.73. The third-order valence-electron chi connectivity index (χ3n) is 3.64. The second-order valence-electron chi connectivity index (χ2n) is 5.58. The van der Waals surface area contributed by atoms with Crippen molar-refractivity contribution < 1.29 is 14.6 Å². The van der Waals surface area contributed by atoms with Crippen LogP contribution in [0, 0.1) is 11.3 Å². The Labute approximate surface area is 141 Å². The highest BCUT2D eigenvalue weighted by atomic mass is 16.5. The van der Waals surface area contributed by atoms with Gasteiger partial charge in [-0.1, -0.05) is 30.3 Å². The smallest absolute Gasteiger partial charge is 0.317 e. The van der Waals surface area contributed by atoms with Crippen LogP contribution in [0.4, 0.5) is 0 Å². The van der Waals surface area contributed by atoms with Gasteiger partial charge in [-0.25, -0.2) is 0 Å². The molecule has 2 rings (SSSR count). The fourth-order valence-electron chi connectivity index (χ4n) is 2.30. The summed E-state index contributed by atoms with van der Waals surface area (Å²) in [6.45, 7) is 1.08. The summed E-state index contributed by atoms with van der Waals surface area (Å²) in [5, 5.41) is 17.8. The maximum Gasteiger partial charge on any atom is 0.317 e. The summed E-state index contributed by atoms with van der Waals surface area (Å²) in [7, 11) is 1.79. The maximum atomic E-state index is 10.6. The summed E-state index contributed by atoms with van der Waals surface area (Å²) in [4.78, 5) is 12.4. The maximum absolute atomic E-state index is 10.6. The van der Waals surface area contributed by atoms with Crippen LogP contribution in [0.3, 0.4) is 0 Å². The molecular weight excluding hydrogens is 304 g/mol. The van der Waals surface area contributed by atoms with E-state index in [1.807, 2.05) is 42.5 Å². The summed E-state index contributed by atoms with van der Waals surface area (Å²) in [6.07, 6.45) is 0.779. The summed E-state index contributed by atoms with van der Waals surface area (Å²) in [6, 6.07) is 17.3. The van der Waals surface area contributed by atoms with Crippen LogP contribution >= 0.6 is 0 Å². The second kappa shape index (κ2) is 8.70. The van der Waals surface area contributed by atoms with Gasteiger partial charge in [0.2, 0.25) is 0 Å². The molecule has 0 atom stereocenters. The van der Waals surface area contributed by atoms with Gasteiger partial charge in [0.05, 0.1) is 18.2 Å². The molecule has 2 aromatic carbocycles. The number of nitriles is 1. The first-order valence-electron chi connectivity index (χ1n) is 7.68. The Hall–Kier alpha value is -2.84. The number of carboxylic acid groups (broad SMARTS) is 1. The van der Waals surface area contributed by atoms with Crippen molar-refractivity contribution in [3.63, 3.8) is 0 Å². The van der Waals surface area contributed by atoms with Crippen molar-refractivity contribution in [2.75, 3.05) is 20.1 Å². The molecule has 0 aliphatic rings. The lowest BCUT2D eigenvalue weighted by molar-refractivity contribution is -0.137. The Morgan fingerprint density at radius 2 is 1.92 bits per heavy atom. The Morgan fingerprint density at radius 3 is 2.58 bits per heavy atom. The molecule has 0 aromatic heterocycles. The molecule has 0 unspecified atom stereocenters. The zero-order chi connectivity index (χ0) is 17.4. The molecule has 1 N–H and O–H groups in total. The largest absolute Gasteiger partial charge is 0.489 e. The van der Waals surface area contributed by atoms with Crippen LogP contribution < -0.4 is 4.74 Å². The summed E-state index contributed by atoms with van der Waals surface area (Å²) in [5.41, 5.74) is 2.60. The van der Waals surface area contributed by atoms with Crippen LogP contribution in [0.1, 0.15) is 16.7 Å². The van der Waals surface area contributed by atoms with Crippen molar-refractivity contribution in [3.8, 4) is 11.8 Å². The molecule has 0 aliphatic carbocycles. The van der Waals surface area contributed by atoms with Crippen LogP contribution in [-0.4, -0.2) is 36.1 Å². The topological polar surface area (TPSA) is 73.6 Å². The average molecular weight is 324 g/mol. The predicted molar refractivity (Wildman–Crippen MR) is 90.8 cm³/mol. The Kier molecular flexibility index (Phi) is 6.35. The molecule has 0 aliphatic heterocycles. The fraction of sp³-hybridized carbons (Fsp3) is 0.263. The third-order valence-corrected chi connectivity index (χ3v) is 3.64. The third kappa shape index (κ3) is 5.41. The van der Waals surface area contributed by atoms with Gasteiger partial charge in [-0.2, -0.15) is 5.26 Å². The lowest BCUT2D eigenvalue weighted by Crippen LogP contribution is -2.27. The first-order chi connectivity index (χ1) is 11.6. The highest BCUT2D eigenvalue weighted by Gasteiger charge is 2.05. The van der Waals surface area contributed by atoms with Crippen molar-refractivity contribution in [1.82, 2.24) is 4.90 Å². The molecule has 24 heavy (non-hydrogen) atoms. The molecular formula is C19H20N2O3. The van der Waals surface area contributed by atoms with E-state index < -0.39 is 5.97 Å². The van der Waals surface area contributed by atoms with Gasteiger partial charge in [-0.05, 0) is 37.2 Å². The monoisotopic (exact) mass is 324 g/mol. The van der Waals surface area contributed by atoms with Crippen LogP contribution in [0.15, 0.2) is 48.5 Å². The first kappa shape index (κ1) is 17.5. The molecule has 0 bridgehead atoms. The van der Waals surface area contributed by atoms with Crippen LogP contribution in [0.2, 0.25) is 0 Å². The number of likely N-dealkylation sites (N-methyl/N-ethyl adjacent to an activating group) is 1. The lowest BCUT2D eigenvalue weighted by atomic mass is 10.1. The molecule has 0 heterocycles. The Bertz CT molecular complexity index is 720. The second-order valence-corrected chi connectivity index (χ2v) is 5.58. The number of carboxylic acids is 1. The predicted octanol–water partition coefficient (Wildman–Crippen LogP) is 2.70. The van der Waals surface area contributed by atoms with Crippen LogP contribution in [0.25, 0.3) is 0 Å². The zero-order valence-corrected chi connectivity index (χ0v) is 13.6. The van der Waals surface area contributed by atoms with Crippen molar-refractivity contribution in [2.24, 2.45) is 0 Å². The van der Waals surface area contributed by atoms with E-state index in [1.165, 1.54) is 0 Å². The minimum Gasteiger partial charge on any atom is -0.489 e. The molecule has 2 aromatic rings. The Morgan fingerprint density at radius 1 is 1.21 bits per heavy atom. The van der Waals surface area contributed by atoms with E-state index in [9.17, 15) is 4.79 Å². The Balaban J connectivity index is 1.86. The minimum atomic E-state index is -0.820. The van der Waals surface area contributed by atoms with Gasteiger partial charge < -0.3 is 9.84 Å². The van der Waals surface area contributed by atoms with Gasteiger partial charge in [0.15, 0.2) is 0 Å². The minimum absolute atomic E-state index is 0.0412. The van der Waals surface area contributed by atoms with E-state index in [2.05, 4.69) is 6.07 Å². The molecule has 5 heteroatoms. The van der Waals surface area contributed by atoms with E-state index in [-0.39, 0.29) is 6.54 Å². The molecule has 5 nitrogen and oxygen atoms in total. The van der Waals surface area contributed by atoms with Crippen molar-refractivity contribution in [1.29, 1.82) is 5.26 Å². The number of aliphatic carboxylic acids is 1. The van der Waals surface area contributed by atoms with E-state index in [0.717, 1.165) is 23.3 Å². The number of hydrogen-bond donors (Lipinski definition) is 1. The normalized spacial score (nSPS) is 10.4. The zero-order valence-electron chi connectivity index (χ0n) is 13.6. The van der Waals surface area contributed by atoms with E-state index in [1.54, 1.807) is 18.0 Å². The van der Waals surface area contributed by atoms with Crippen LogP contribution in [-0.2, 0) is 17.8 Å².